The molecule has 1 fully saturated rings. The van der Waals surface area contributed by atoms with Crippen molar-refractivity contribution in [2.45, 2.75) is 37.6 Å². The Morgan fingerprint density at radius 1 is 1.33 bits per heavy atom. The lowest BCUT2D eigenvalue weighted by Gasteiger charge is -2.25. The van der Waals surface area contributed by atoms with E-state index >= 15 is 0 Å². The second kappa shape index (κ2) is 3.56. The van der Waals surface area contributed by atoms with Crippen molar-refractivity contribution in [3.63, 3.8) is 0 Å². The zero-order valence-electron chi connectivity index (χ0n) is 8.76. The van der Waals surface area contributed by atoms with E-state index in [1.165, 1.54) is 18.2 Å². The predicted molar refractivity (Wildman–Crippen MR) is 55.5 cm³/mol. The highest BCUT2D eigenvalue weighted by Crippen LogP contribution is 2.42. The molecule has 2 atom stereocenters. The average Bonchev–Trinajstić information content (AvgIpc) is 2.46. The largest absolute Gasteiger partial charge is 0.328 e. The second-order valence-corrected chi connectivity index (χ2v) is 4.66. The summed E-state index contributed by atoms with van der Waals surface area (Å²) in [5, 5.41) is 0. The molecule has 0 amide bonds. The Hall–Kier alpha value is -0.960. The topological polar surface area (TPSA) is 26.0 Å². The first-order valence-electron chi connectivity index (χ1n) is 5.23. The molecule has 0 aromatic heterocycles. The van der Waals surface area contributed by atoms with Crippen LogP contribution in [0.4, 0.5) is 8.78 Å². The molecule has 0 radical (unpaired) electrons. The lowest BCUT2D eigenvalue weighted by atomic mass is 9.80. The molecule has 1 aliphatic rings. The van der Waals surface area contributed by atoms with E-state index in [0.717, 1.165) is 12.8 Å². The van der Waals surface area contributed by atoms with Crippen LogP contribution in [0.5, 0.6) is 0 Å². The molecule has 0 heterocycles. The lowest BCUT2D eigenvalue weighted by Crippen LogP contribution is -2.25. The molecule has 2 rings (SSSR count). The van der Waals surface area contributed by atoms with Gasteiger partial charge in [-0.1, -0.05) is 13.0 Å². The average molecular weight is 211 g/mol. The SMILES string of the molecule is CC1(c2c(F)cccc2F)CCC(N)C1. The van der Waals surface area contributed by atoms with Crippen LogP contribution in [0.3, 0.4) is 0 Å². The van der Waals surface area contributed by atoms with Gasteiger partial charge in [-0.2, -0.15) is 0 Å². The third-order valence-corrected chi connectivity index (χ3v) is 3.35. The molecule has 3 heteroatoms. The number of rotatable bonds is 1. The third kappa shape index (κ3) is 1.76. The van der Waals surface area contributed by atoms with Gasteiger partial charge in [0.2, 0.25) is 0 Å². The van der Waals surface area contributed by atoms with Crippen molar-refractivity contribution in [3.05, 3.63) is 35.4 Å². The van der Waals surface area contributed by atoms with Gasteiger partial charge in [-0.05, 0) is 36.8 Å². The van der Waals surface area contributed by atoms with E-state index in [1.807, 2.05) is 6.92 Å². The van der Waals surface area contributed by atoms with Crippen molar-refractivity contribution in [2.75, 3.05) is 0 Å². The maximum atomic E-state index is 13.6. The number of halogens is 2. The van der Waals surface area contributed by atoms with Crippen molar-refractivity contribution in [2.24, 2.45) is 5.73 Å². The maximum Gasteiger partial charge on any atom is 0.129 e. The summed E-state index contributed by atoms with van der Waals surface area (Å²) in [6.07, 6.45) is 2.25. The fourth-order valence-corrected chi connectivity index (χ4v) is 2.59. The Morgan fingerprint density at radius 2 is 1.93 bits per heavy atom. The summed E-state index contributed by atoms with van der Waals surface area (Å²) < 4.78 is 27.2. The Bertz CT molecular complexity index is 358. The molecule has 2 unspecified atom stereocenters. The summed E-state index contributed by atoms with van der Waals surface area (Å²) in [6, 6.07) is 4.09. The van der Waals surface area contributed by atoms with Crippen molar-refractivity contribution >= 4 is 0 Å². The molecule has 0 saturated heterocycles. The van der Waals surface area contributed by atoms with Gasteiger partial charge in [-0.3, -0.25) is 0 Å². The molecule has 2 N–H and O–H groups in total. The number of benzene rings is 1. The molecular formula is C12H15F2N. The Morgan fingerprint density at radius 3 is 2.40 bits per heavy atom. The third-order valence-electron chi connectivity index (χ3n) is 3.35. The van der Waals surface area contributed by atoms with Crippen molar-refractivity contribution < 1.29 is 8.78 Å². The van der Waals surface area contributed by atoms with Crippen LogP contribution in [0.2, 0.25) is 0 Å². The minimum absolute atomic E-state index is 0.0639. The van der Waals surface area contributed by atoms with Crippen molar-refractivity contribution in [1.29, 1.82) is 0 Å². The van der Waals surface area contributed by atoms with E-state index in [0.29, 0.717) is 6.42 Å². The van der Waals surface area contributed by atoms with Gasteiger partial charge >= 0.3 is 0 Å². The van der Waals surface area contributed by atoms with Crippen LogP contribution in [0.1, 0.15) is 31.7 Å². The predicted octanol–water partition coefficient (Wildman–Crippen LogP) is 2.73. The zero-order chi connectivity index (χ0) is 11.1. The Balaban J connectivity index is 2.45. The molecule has 1 saturated carbocycles. The Labute approximate surface area is 88.3 Å². The first-order valence-corrected chi connectivity index (χ1v) is 5.23. The lowest BCUT2D eigenvalue weighted by molar-refractivity contribution is 0.420. The summed E-state index contributed by atoms with van der Waals surface area (Å²) in [7, 11) is 0. The monoisotopic (exact) mass is 211 g/mol. The second-order valence-electron chi connectivity index (χ2n) is 4.66. The van der Waals surface area contributed by atoms with Crippen LogP contribution < -0.4 is 5.73 Å². The van der Waals surface area contributed by atoms with E-state index in [-0.39, 0.29) is 11.6 Å². The summed E-state index contributed by atoms with van der Waals surface area (Å²) in [5.74, 6) is -0.904. The summed E-state index contributed by atoms with van der Waals surface area (Å²) in [5.41, 5.74) is 5.57. The molecule has 0 bridgehead atoms. The molecule has 1 aromatic carbocycles. The molecule has 1 aromatic rings. The minimum Gasteiger partial charge on any atom is -0.328 e. The van der Waals surface area contributed by atoms with Crippen molar-refractivity contribution in [3.8, 4) is 0 Å². The van der Waals surface area contributed by atoms with E-state index < -0.39 is 17.0 Å². The number of nitrogens with two attached hydrogens (primary N) is 1. The highest BCUT2D eigenvalue weighted by atomic mass is 19.1. The molecular weight excluding hydrogens is 196 g/mol. The van der Waals surface area contributed by atoms with Gasteiger partial charge < -0.3 is 5.73 Å². The van der Waals surface area contributed by atoms with Gasteiger partial charge in [0.15, 0.2) is 0 Å². The van der Waals surface area contributed by atoms with E-state index in [1.54, 1.807) is 0 Å². The zero-order valence-corrected chi connectivity index (χ0v) is 8.76. The normalized spacial score (nSPS) is 30.8. The molecule has 0 spiro atoms. The van der Waals surface area contributed by atoms with Crippen LogP contribution in [0.25, 0.3) is 0 Å². The van der Waals surface area contributed by atoms with E-state index in [9.17, 15) is 8.78 Å². The molecule has 1 aliphatic carbocycles. The van der Waals surface area contributed by atoms with Gasteiger partial charge in [-0.15, -0.1) is 0 Å². The highest BCUT2D eigenvalue weighted by molar-refractivity contribution is 5.29. The summed E-state index contributed by atoms with van der Waals surface area (Å²) in [4.78, 5) is 0. The van der Waals surface area contributed by atoms with Crippen molar-refractivity contribution in [1.82, 2.24) is 0 Å². The standard InChI is InChI=1S/C12H15F2N/c1-12(6-5-8(15)7-12)11-9(13)3-2-4-10(11)14/h2-4,8H,5-7,15H2,1H3. The van der Waals surface area contributed by atoms with Crippen LogP contribution in [0, 0.1) is 11.6 Å². The van der Waals surface area contributed by atoms with Gasteiger partial charge in [0.1, 0.15) is 11.6 Å². The van der Waals surface area contributed by atoms with Crippen LogP contribution in [-0.4, -0.2) is 6.04 Å². The first-order chi connectivity index (χ1) is 7.03. The first kappa shape index (κ1) is 10.6. The number of hydrogen-bond donors (Lipinski definition) is 1. The molecule has 15 heavy (non-hydrogen) atoms. The van der Waals surface area contributed by atoms with E-state index in [4.69, 9.17) is 5.73 Å². The fraction of sp³-hybridized carbons (Fsp3) is 0.500. The number of hydrogen-bond acceptors (Lipinski definition) is 1. The van der Waals surface area contributed by atoms with Gasteiger partial charge in [-0.25, -0.2) is 8.78 Å². The van der Waals surface area contributed by atoms with Crippen LogP contribution in [0.15, 0.2) is 18.2 Å². The summed E-state index contributed by atoms with van der Waals surface area (Å²) in [6.45, 7) is 1.89. The van der Waals surface area contributed by atoms with Gasteiger partial charge in [0.25, 0.3) is 0 Å². The fourth-order valence-electron chi connectivity index (χ4n) is 2.59. The highest BCUT2D eigenvalue weighted by Gasteiger charge is 2.38. The Kier molecular flexibility index (Phi) is 2.51. The minimum atomic E-state index is -0.452. The quantitative estimate of drug-likeness (QED) is 0.759. The molecule has 1 nitrogen and oxygen atoms in total. The maximum absolute atomic E-state index is 13.6. The van der Waals surface area contributed by atoms with Crippen LogP contribution >= 0.6 is 0 Å². The van der Waals surface area contributed by atoms with Crippen LogP contribution in [-0.2, 0) is 5.41 Å². The molecule has 82 valence electrons. The van der Waals surface area contributed by atoms with Gasteiger partial charge in [0, 0.05) is 11.6 Å². The smallest absolute Gasteiger partial charge is 0.129 e. The molecule has 0 aliphatic heterocycles. The van der Waals surface area contributed by atoms with E-state index in [2.05, 4.69) is 0 Å². The van der Waals surface area contributed by atoms with Gasteiger partial charge in [0.05, 0.1) is 0 Å². The summed E-state index contributed by atoms with van der Waals surface area (Å²) >= 11 is 0.